The molecule has 2 aromatic carbocycles. The van der Waals surface area contributed by atoms with E-state index < -0.39 is 0 Å². The maximum Gasteiger partial charge on any atom is 0.274 e. The molecule has 0 aliphatic heterocycles. The quantitative estimate of drug-likeness (QED) is 0.374. The van der Waals surface area contributed by atoms with Crippen LogP contribution in [0.25, 0.3) is 21.8 Å². The predicted octanol–water partition coefficient (Wildman–Crippen LogP) is 5.15. The second kappa shape index (κ2) is 7.81. The average Bonchev–Trinajstić information content (AvgIpc) is 3.15. The fourth-order valence-electron chi connectivity index (χ4n) is 4.11. The Kier molecular flexibility index (Phi) is 4.82. The molecule has 6 nitrogen and oxygen atoms in total. The SMILES string of the molecule is Cc1cccc(C)c1NC(=O)c1cc2c([nH]c3ccccc32)c(Cc2cc(N)ccn2)n1. The topological polar surface area (TPSA) is 96.7 Å². The van der Waals surface area contributed by atoms with Crippen LogP contribution in [0.4, 0.5) is 11.4 Å². The third-order valence-electron chi connectivity index (χ3n) is 5.71. The fourth-order valence-corrected chi connectivity index (χ4v) is 4.11. The molecule has 32 heavy (non-hydrogen) atoms. The van der Waals surface area contributed by atoms with Gasteiger partial charge in [-0.25, -0.2) is 4.98 Å². The first-order chi connectivity index (χ1) is 15.5. The Bertz CT molecular complexity index is 1460. The zero-order chi connectivity index (χ0) is 22.2. The van der Waals surface area contributed by atoms with Gasteiger partial charge < -0.3 is 16.0 Å². The molecule has 1 amide bonds. The number of nitrogen functional groups attached to an aromatic ring is 1. The summed E-state index contributed by atoms with van der Waals surface area (Å²) in [6.07, 6.45) is 2.14. The number of para-hydroxylation sites is 2. The number of aryl methyl sites for hydroxylation is 2. The Morgan fingerprint density at radius 3 is 2.56 bits per heavy atom. The third-order valence-corrected chi connectivity index (χ3v) is 5.71. The Hall–Kier alpha value is -4.19. The molecule has 4 N–H and O–H groups in total. The van der Waals surface area contributed by atoms with Crippen LogP contribution in [0.3, 0.4) is 0 Å². The van der Waals surface area contributed by atoms with Gasteiger partial charge in [-0.05, 0) is 49.2 Å². The molecule has 0 aliphatic carbocycles. The molecule has 3 aromatic heterocycles. The second-order valence-corrected chi connectivity index (χ2v) is 8.03. The van der Waals surface area contributed by atoms with Crippen LogP contribution in [0.15, 0.2) is 66.9 Å². The van der Waals surface area contributed by atoms with Gasteiger partial charge in [0.25, 0.3) is 5.91 Å². The number of fused-ring (bicyclic) bond motifs is 3. The third kappa shape index (κ3) is 3.56. The number of carbonyl (C=O) groups is 1. The van der Waals surface area contributed by atoms with Crippen molar-refractivity contribution >= 4 is 39.1 Å². The van der Waals surface area contributed by atoms with Crippen LogP contribution >= 0.6 is 0 Å². The van der Waals surface area contributed by atoms with Crippen molar-refractivity contribution in [3.63, 3.8) is 0 Å². The van der Waals surface area contributed by atoms with Crippen molar-refractivity contribution in [2.24, 2.45) is 0 Å². The van der Waals surface area contributed by atoms with Crippen molar-refractivity contribution in [3.05, 3.63) is 95.1 Å². The highest BCUT2D eigenvalue weighted by Crippen LogP contribution is 2.29. The molecule has 0 saturated heterocycles. The standard InChI is InChI=1S/C26H23N5O/c1-15-6-5-7-16(2)24(15)31-26(32)23-14-20-19-8-3-4-9-21(19)30-25(20)22(29-23)13-18-12-17(27)10-11-28-18/h3-12,14,30H,13H2,1-2H3,(H2,27,28)(H,31,32). The number of nitrogens with two attached hydrogens (primary N) is 1. The number of H-pyrrole nitrogens is 1. The predicted molar refractivity (Wildman–Crippen MR) is 129 cm³/mol. The molecular weight excluding hydrogens is 398 g/mol. The van der Waals surface area contributed by atoms with E-state index >= 15 is 0 Å². The molecule has 0 radical (unpaired) electrons. The highest BCUT2D eigenvalue weighted by Gasteiger charge is 2.18. The monoisotopic (exact) mass is 421 g/mol. The molecule has 0 saturated carbocycles. The van der Waals surface area contributed by atoms with Gasteiger partial charge in [0, 0.05) is 46.0 Å². The van der Waals surface area contributed by atoms with Crippen molar-refractivity contribution in [1.29, 1.82) is 0 Å². The van der Waals surface area contributed by atoms with Crippen LogP contribution < -0.4 is 11.1 Å². The van der Waals surface area contributed by atoms with Crippen molar-refractivity contribution < 1.29 is 4.79 Å². The van der Waals surface area contributed by atoms with Crippen LogP contribution in [-0.4, -0.2) is 20.9 Å². The molecular formula is C26H23N5O. The summed E-state index contributed by atoms with van der Waals surface area (Å²) in [5.74, 6) is -0.239. The molecule has 5 rings (SSSR count). The summed E-state index contributed by atoms with van der Waals surface area (Å²) >= 11 is 0. The van der Waals surface area contributed by atoms with Crippen molar-refractivity contribution in [2.45, 2.75) is 20.3 Å². The molecule has 0 atom stereocenters. The number of carbonyl (C=O) groups excluding carboxylic acids is 1. The zero-order valence-corrected chi connectivity index (χ0v) is 17.9. The van der Waals surface area contributed by atoms with Crippen LogP contribution in [-0.2, 0) is 6.42 Å². The number of nitrogens with one attached hydrogen (secondary N) is 2. The smallest absolute Gasteiger partial charge is 0.274 e. The van der Waals surface area contributed by atoms with Gasteiger partial charge in [0.2, 0.25) is 0 Å². The lowest BCUT2D eigenvalue weighted by molar-refractivity contribution is 0.102. The number of rotatable bonds is 4. The number of anilines is 2. The van der Waals surface area contributed by atoms with Crippen molar-refractivity contribution in [1.82, 2.24) is 15.0 Å². The van der Waals surface area contributed by atoms with E-state index in [-0.39, 0.29) is 5.91 Å². The summed E-state index contributed by atoms with van der Waals surface area (Å²) in [7, 11) is 0. The van der Waals surface area contributed by atoms with Crippen LogP contribution in [0, 0.1) is 13.8 Å². The first-order valence-corrected chi connectivity index (χ1v) is 10.5. The maximum absolute atomic E-state index is 13.3. The Morgan fingerprint density at radius 1 is 1.00 bits per heavy atom. The van der Waals surface area contributed by atoms with Gasteiger partial charge >= 0.3 is 0 Å². The van der Waals surface area contributed by atoms with Gasteiger partial charge in [0.1, 0.15) is 5.69 Å². The van der Waals surface area contributed by atoms with Crippen LogP contribution in [0.5, 0.6) is 0 Å². The van der Waals surface area contributed by atoms with Gasteiger partial charge in [-0.1, -0.05) is 36.4 Å². The van der Waals surface area contributed by atoms with Gasteiger partial charge in [-0.15, -0.1) is 0 Å². The van der Waals surface area contributed by atoms with E-state index in [0.29, 0.717) is 17.8 Å². The van der Waals surface area contributed by atoms with E-state index in [1.54, 1.807) is 12.3 Å². The molecule has 0 bridgehead atoms. The normalized spacial score (nSPS) is 11.2. The van der Waals surface area contributed by atoms with Crippen molar-refractivity contribution in [2.75, 3.05) is 11.1 Å². The van der Waals surface area contributed by atoms with Gasteiger partial charge in [0.15, 0.2) is 0 Å². The first-order valence-electron chi connectivity index (χ1n) is 10.5. The number of aromatic nitrogens is 3. The zero-order valence-electron chi connectivity index (χ0n) is 17.9. The molecule has 0 fully saturated rings. The number of amides is 1. The number of aromatic amines is 1. The minimum atomic E-state index is -0.239. The molecule has 158 valence electrons. The Morgan fingerprint density at radius 2 is 1.78 bits per heavy atom. The number of benzene rings is 2. The van der Waals surface area contributed by atoms with E-state index in [2.05, 4.69) is 15.3 Å². The summed E-state index contributed by atoms with van der Waals surface area (Å²) in [5.41, 5.74) is 13.2. The van der Waals surface area contributed by atoms with E-state index in [1.165, 1.54) is 0 Å². The highest BCUT2D eigenvalue weighted by molar-refractivity contribution is 6.12. The van der Waals surface area contributed by atoms with Gasteiger partial charge in [-0.3, -0.25) is 9.78 Å². The molecule has 5 aromatic rings. The van der Waals surface area contributed by atoms with Crippen molar-refractivity contribution in [3.8, 4) is 0 Å². The Labute approximate surface area is 185 Å². The molecule has 0 unspecified atom stereocenters. The summed E-state index contributed by atoms with van der Waals surface area (Å²) in [6, 6.07) is 19.4. The minimum Gasteiger partial charge on any atom is -0.399 e. The lowest BCUT2D eigenvalue weighted by Crippen LogP contribution is -2.16. The largest absolute Gasteiger partial charge is 0.399 e. The maximum atomic E-state index is 13.3. The molecule has 0 aliphatic rings. The molecule has 3 heterocycles. The number of nitrogens with zero attached hydrogens (tertiary/aromatic N) is 2. The Balaban J connectivity index is 1.64. The molecule has 0 spiro atoms. The minimum absolute atomic E-state index is 0.239. The lowest BCUT2D eigenvalue weighted by atomic mass is 10.1. The summed E-state index contributed by atoms with van der Waals surface area (Å²) in [6.45, 7) is 3.96. The van der Waals surface area contributed by atoms with Crippen LogP contribution in [0.2, 0.25) is 0 Å². The van der Waals surface area contributed by atoms with E-state index in [1.807, 2.05) is 68.4 Å². The fraction of sp³-hybridized carbons (Fsp3) is 0.115. The first kappa shape index (κ1) is 19.8. The highest BCUT2D eigenvalue weighted by atomic mass is 16.1. The number of hydrogen-bond acceptors (Lipinski definition) is 4. The average molecular weight is 422 g/mol. The number of pyridine rings is 2. The lowest BCUT2D eigenvalue weighted by Gasteiger charge is -2.12. The summed E-state index contributed by atoms with van der Waals surface area (Å²) in [4.78, 5) is 25.9. The summed E-state index contributed by atoms with van der Waals surface area (Å²) < 4.78 is 0. The summed E-state index contributed by atoms with van der Waals surface area (Å²) in [5, 5.41) is 5.06. The van der Waals surface area contributed by atoms with Crippen LogP contribution in [0.1, 0.15) is 33.0 Å². The van der Waals surface area contributed by atoms with E-state index in [9.17, 15) is 4.79 Å². The van der Waals surface area contributed by atoms with E-state index in [0.717, 1.165) is 50.0 Å². The second-order valence-electron chi connectivity index (χ2n) is 8.03. The van der Waals surface area contributed by atoms with Gasteiger partial charge in [-0.2, -0.15) is 0 Å². The molecule has 6 heteroatoms. The van der Waals surface area contributed by atoms with Gasteiger partial charge in [0.05, 0.1) is 11.2 Å². The van der Waals surface area contributed by atoms with E-state index in [4.69, 9.17) is 10.7 Å². The number of hydrogen-bond donors (Lipinski definition) is 3.